The summed E-state index contributed by atoms with van der Waals surface area (Å²) in [6, 6.07) is 5.71. The van der Waals surface area contributed by atoms with E-state index in [1.807, 2.05) is 10.3 Å². The summed E-state index contributed by atoms with van der Waals surface area (Å²) in [5.74, 6) is -2.00. The molecular weight excluding hydrogens is 460 g/mol. The molecular formula is C20H22N2O10S. The molecule has 0 spiro atoms. The zero-order valence-electron chi connectivity index (χ0n) is 18.4. The summed E-state index contributed by atoms with van der Waals surface area (Å²) >= 11 is 0. The van der Waals surface area contributed by atoms with Gasteiger partial charge >= 0.3 is 11.9 Å². The lowest BCUT2D eigenvalue weighted by atomic mass is 10.1. The fourth-order valence-corrected chi connectivity index (χ4v) is 3.59. The second-order valence-corrected chi connectivity index (χ2v) is 7.89. The molecule has 2 rings (SSSR count). The average molecular weight is 482 g/mol. The summed E-state index contributed by atoms with van der Waals surface area (Å²) in [7, 11) is 1.87. The van der Waals surface area contributed by atoms with E-state index >= 15 is 0 Å². The molecule has 13 heteroatoms. The Hall–Kier alpha value is -3.84. The number of sulfonamides is 1. The van der Waals surface area contributed by atoms with E-state index in [9.17, 15) is 22.8 Å². The number of hydrazine groups is 1. The molecule has 2 aromatic rings. The Morgan fingerprint density at radius 1 is 0.697 bits per heavy atom. The van der Waals surface area contributed by atoms with Gasteiger partial charge in [0.1, 0.15) is 0 Å². The Kier molecular flexibility index (Phi) is 8.21. The van der Waals surface area contributed by atoms with Gasteiger partial charge in [-0.2, -0.15) is 0 Å². The van der Waals surface area contributed by atoms with Gasteiger partial charge in [-0.1, -0.05) is 0 Å². The van der Waals surface area contributed by atoms with Crippen LogP contribution in [0.1, 0.15) is 31.1 Å². The SMILES string of the molecule is COC(=O)c1cc(C(=O)OC)cc(S(=O)(=O)NNC(=O)c2cc(OC)c(OC)c(OC)c2)c1. The third-order valence-electron chi connectivity index (χ3n) is 4.28. The van der Waals surface area contributed by atoms with E-state index in [4.69, 9.17) is 14.2 Å². The van der Waals surface area contributed by atoms with Gasteiger partial charge in [-0.15, -0.1) is 4.83 Å². The maximum Gasteiger partial charge on any atom is 0.337 e. The molecule has 12 nitrogen and oxygen atoms in total. The van der Waals surface area contributed by atoms with Crippen LogP contribution in [0.15, 0.2) is 35.2 Å². The van der Waals surface area contributed by atoms with Crippen molar-refractivity contribution in [3.63, 3.8) is 0 Å². The van der Waals surface area contributed by atoms with Crippen molar-refractivity contribution < 1.29 is 46.5 Å². The lowest BCUT2D eigenvalue weighted by Crippen LogP contribution is -2.41. The monoisotopic (exact) mass is 482 g/mol. The van der Waals surface area contributed by atoms with Gasteiger partial charge in [-0.3, -0.25) is 10.2 Å². The van der Waals surface area contributed by atoms with Crippen molar-refractivity contribution in [1.82, 2.24) is 10.3 Å². The number of carbonyl (C=O) groups is 3. The van der Waals surface area contributed by atoms with Gasteiger partial charge in [0.05, 0.1) is 51.6 Å². The molecule has 0 aromatic heterocycles. The predicted molar refractivity (Wildman–Crippen MR) is 113 cm³/mol. The van der Waals surface area contributed by atoms with Crippen molar-refractivity contribution in [2.75, 3.05) is 35.5 Å². The molecule has 2 aromatic carbocycles. The number of nitrogens with one attached hydrogen (secondary N) is 2. The predicted octanol–water partition coefficient (Wildman–Crippen LogP) is 0.909. The maximum absolute atomic E-state index is 12.7. The Balaban J connectivity index is 2.36. The average Bonchev–Trinajstić information content (AvgIpc) is 2.84. The normalized spacial score (nSPS) is 10.7. The second kappa shape index (κ2) is 10.7. The first-order valence-corrected chi connectivity index (χ1v) is 10.5. The highest BCUT2D eigenvalue weighted by Crippen LogP contribution is 2.38. The number of ether oxygens (including phenoxy) is 5. The van der Waals surface area contributed by atoms with E-state index in [0.717, 1.165) is 32.4 Å². The molecule has 0 unspecified atom stereocenters. The van der Waals surface area contributed by atoms with Crippen molar-refractivity contribution in [1.29, 1.82) is 0 Å². The summed E-state index contributed by atoms with van der Waals surface area (Å²) < 4.78 is 50.2. The molecule has 0 aliphatic heterocycles. The number of hydrogen-bond acceptors (Lipinski definition) is 10. The first kappa shape index (κ1) is 25.4. The van der Waals surface area contributed by atoms with Crippen molar-refractivity contribution in [2.45, 2.75) is 4.90 Å². The van der Waals surface area contributed by atoms with Crippen molar-refractivity contribution in [2.24, 2.45) is 0 Å². The van der Waals surface area contributed by atoms with E-state index in [2.05, 4.69) is 9.47 Å². The zero-order chi connectivity index (χ0) is 24.8. The summed E-state index contributed by atoms with van der Waals surface area (Å²) in [5, 5.41) is 0. The van der Waals surface area contributed by atoms with Crippen LogP contribution in [0.3, 0.4) is 0 Å². The van der Waals surface area contributed by atoms with Crippen LogP contribution in [0, 0.1) is 0 Å². The molecule has 0 fully saturated rings. The minimum absolute atomic E-state index is 0.00855. The molecule has 0 saturated heterocycles. The molecule has 0 radical (unpaired) electrons. The van der Waals surface area contributed by atoms with Crippen LogP contribution in [-0.4, -0.2) is 61.8 Å². The van der Waals surface area contributed by atoms with Crippen molar-refractivity contribution in [3.8, 4) is 17.2 Å². The smallest absolute Gasteiger partial charge is 0.337 e. The minimum Gasteiger partial charge on any atom is -0.493 e. The van der Waals surface area contributed by atoms with Gasteiger partial charge < -0.3 is 23.7 Å². The van der Waals surface area contributed by atoms with E-state index in [1.165, 1.54) is 33.5 Å². The van der Waals surface area contributed by atoms with Gasteiger partial charge in [0.2, 0.25) is 5.75 Å². The van der Waals surface area contributed by atoms with Gasteiger partial charge in [0.25, 0.3) is 15.9 Å². The zero-order valence-corrected chi connectivity index (χ0v) is 19.2. The highest BCUT2D eigenvalue weighted by atomic mass is 32.2. The van der Waals surface area contributed by atoms with Crippen LogP contribution in [0.25, 0.3) is 0 Å². The summed E-state index contributed by atoms with van der Waals surface area (Å²) in [6.07, 6.45) is 0. The van der Waals surface area contributed by atoms with E-state index in [1.54, 1.807) is 0 Å². The molecule has 0 heterocycles. The highest BCUT2D eigenvalue weighted by molar-refractivity contribution is 7.89. The highest BCUT2D eigenvalue weighted by Gasteiger charge is 2.23. The van der Waals surface area contributed by atoms with Crippen LogP contribution in [0.2, 0.25) is 0 Å². The maximum atomic E-state index is 12.7. The van der Waals surface area contributed by atoms with E-state index in [-0.39, 0.29) is 33.9 Å². The van der Waals surface area contributed by atoms with Crippen molar-refractivity contribution in [3.05, 3.63) is 47.0 Å². The molecule has 1 amide bonds. The second-order valence-electron chi connectivity index (χ2n) is 6.20. The van der Waals surface area contributed by atoms with E-state index in [0.29, 0.717) is 0 Å². The number of rotatable bonds is 9. The summed E-state index contributed by atoms with van der Waals surface area (Å²) in [5.41, 5.74) is 1.61. The van der Waals surface area contributed by atoms with Crippen LogP contribution in [0.4, 0.5) is 0 Å². The molecule has 0 atom stereocenters. The van der Waals surface area contributed by atoms with Gasteiger partial charge in [-0.25, -0.2) is 18.0 Å². The molecule has 0 aliphatic carbocycles. The van der Waals surface area contributed by atoms with Crippen LogP contribution < -0.4 is 24.5 Å². The number of carbonyl (C=O) groups excluding carboxylic acids is 3. The van der Waals surface area contributed by atoms with Gasteiger partial charge in [-0.05, 0) is 30.3 Å². The number of esters is 2. The molecule has 2 N–H and O–H groups in total. The topological polar surface area (TPSA) is 156 Å². The van der Waals surface area contributed by atoms with Crippen LogP contribution in [-0.2, 0) is 19.5 Å². The van der Waals surface area contributed by atoms with Crippen molar-refractivity contribution >= 4 is 27.9 Å². The first-order chi connectivity index (χ1) is 15.6. The molecule has 0 saturated carbocycles. The molecule has 0 bridgehead atoms. The third kappa shape index (κ3) is 5.70. The minimum atomic E-state index is -4.42. The number of amides is 1. The molecule has 0 aliphatic rings. The lowest BCUT2D eigenvalue weighted by molar-refractivity contribution is 0.0598. The molecule has 178 valence electrons. The Morgan fingerprint density at radius 2 is 1.18 bits per heavy atom. The number of benzene rings is 2. The third-order valence-corrected chi connectivity index (χ3v) is 5.51. The van der Waals surface area contributed by atoms with Crippen LogP contribution in [0.5, 0.6) is 17.2 Å². The lowest BCUT2D eigenvalue weighted by Gasteiger charge is -2.14. The first-order valence-electron chi connectivity index (χ1n) is 9.05. The summed E-state index contributed by atoms with van der Waals surface area (Å²) in [6.45, 7) is 0. The number of hydrogen-bond donors (Lipinski definition) is 2. The largest absolute Gasteiger partial charge is 0.493 e. The van der Waals surface area contributed by atoms with Crippen LogP contribution >= 0.6 is 0 Å². The quantitative estimate of drug-likeness (QED) is 0.389. The van der Waals surface area contributed by atoms with E-state index < -0.39 is 32.8 Å². The Bertz CT molecular complexity index is 1120. The standard InChI is InChI=1S/C20H22N2O10S/c1-28-15-9-11(10-16(29-2)17(15)30-3)18(23)21-22-33(26,27)14-7-12(19(24)31-4)6-13(8-14)20(25)32-5/h6-10,22H,1-5H3,(H,21,23). The number of methoxy groups -OCH3 is 5. The fraction of sp³-hybridized carbons (Fsp3) is 0.250. The Labute approximate surface area is 189 Å². The Morgan fingerprint density at radius 3 is 1.58 bits per heavy atom. The fourth-order valence-electron chi connectivity index (χ4n) is 2.68. The van der Waals surface area contributed by atoms with Gasteiger partial charge in [0.15, 0.2) is 11.5 Å². The molecule has 33 heavy (non-hydrogen) atoms. The van der Waals surface area contributed by atoms with Gasteiger partial charge in [0, 0.05) is 5.56 Å². The summed E-state index contributed by atoms with van der Waals surface area (Å²) in [4.78, 5) is 37.7.